The average molecular weight is 334 g/mol. The van der Waals surface area contributed by atoms with E-state index in [9.17, 15) is 18.0 Å². The van der Waals surface area contributed by atoms with Gasteiger partial charge in [0.05, 0.1) is 11.7 Å². The van der Waals surface area contributed by atoms with Crippen molar-refractivity contribution in [1.29, 1.82) is 0 Å². The van der Waals surface area contributed by atoms with Crippen LogP contribution in [-0.4, -0.2) is 66.5 Å². The van der Waals surface area contributed by atoms with Crippen molar-refractivity contribution in [2.75, 3.05) is 25.9 Å². The van der Waals surface area contributed by atoms with Crippen molar-refractivity contribution in [3.8, 4) is 0 Å². The Morgan fingerprint density at radius 3 is 2.55 bits per heavy atom. The van der Waals surface area contributed by atoms with Crippen LogP contribution in [0.25, 0.3) is 0 Å². The zero-order valence-electron chi connectivity index (χ0n) is 13.5. The van der Waals surface area contributed by atoms with E-state index in [2.05, 4.69) is 0 Å². The van der Waals surface area contributed by atoms with Gasteiger partial charge >= 0.3 is 5.97 Å². The summed E-state index contributed by atoms with van der Waals surface area (Å²) in [5, 5.41) is 8.93. The number of carbonyl (C=O) groups excluding carboxylic acids is 1. The lowest BCUT2D eigenvalue weighted by Crippen LogP contribution is -2.53. The topological polar surface area (TPSA) is 95.0 Å². The molecular weight excluding hydrogens is 308 g/mol. The van der Waals surface area contributed by atoms with E-state index in [0.29, 0.717) is 19.4 Å². The zero-order chi connectivity index (χ0) is 16.9. The number of hydrogen-bond acceptors (Lipinski definition) is 4. The van der Waals surface area contributed by atoms with Crippen molar-refractivity contribution >= 4 is 21.9 Å². The van der Waals surface area contributed by atoms with Gasteiger partial charge in [0.1, 0.15) is 6.04 Å². The van der Waals surface area contributed by atoms with Gasteiger partial charge in [-0.2, -0.15) is 4.31 Å². The van der Waals surface area contributed by atoms with Crippen molar-refractivity contribution in [1.82, 2.24) is 9.21 Å². The number of carboxylic acid groups (broad SMARTS) is 1. The smallest absolute Gasteiger partial charge is 0.308 e. The van der Waals surface area contributed by atoms with Crippen LogP contribution in [0.5, 0.6) is 0 Å². The van der Waals surface area contributed by atoms with Crippen LogP contribution in [0.3, 0.4) is 0 Å². The Bertz CT molecular complexity index is 505. The Hall–Kier alpha value is -1.15. The molecule has 1 saturated heterocycles. The normalized spacial score (nSPS) is 21.3. The quantitative estimate of drug-likeness (QED) is 0.741. The molecule has 1 aliphatic heterocycles. The molecule has 1 rings (SSSR count). The van der Waals surface area contributed by atoms with Crippen molar-refractivity contribution < 1.29 is 23.1 Å². The molecule has 0 aromatic heterocycles. The Balaban J connectivity index is 2.86. The lowest BCUT2D eigenvalue weighted by atomic mass is 10.0. The summed E-state index contributed by atoms with van der Waals surface area (Å²) in [4.78, 5) is 24.8. The van der Waals surface area contributed by atoms with E-state index < -0.39 is 28.0 Å². The highest BCUT2D eigenvalue weighted by Gasteiger charge is 2.37. The van der Waals surface area contributed by atoms with E-state index in [1.165, 1.54) is 23.2 Å². The van der Waals surface area contributed by atoms with Gasteiger partial charge in [-0.15, -0.1) is 0 Å². The third-order valence-electron chi connectivity index (χ3n) is 3.90. The molecule has 1 aliphatic rings. The number of amides is 1. The third-order valence-corrected chi connectivity index (χ3v) is 5.98. The third kappa shape index (κ3) is 4.67. The van der Waals surface area contributed by atoms with E-state index in [4.69, 9.17) is 5.11 Å². The Morgan fingerprint density at radius 1 is 1.36 bits per heavy atom. The Morgan fingerprint density at radius 2 is 2.00 bits per heavy atom. The molecule has 22 heavy (non-hydrogen) atoms. The van der Waals surface area contributed by atoms with Gasteiger partial charge in [0, 0.05) is 20.1 Å². The molecule has 2 atom stereocenters. The highest BCUT2D eigenvalue weighted by atomic mass is 32.2. The summed E-state index contributed by atoms with van der Waals surface area (Å²) in [6.45, 7) is 3.75. The number of aliphatic carboxylic acids is 1. The van der Waals surface area contributed by atoms with Gasteiger partial charge < -0.3 is 10.0 Å². The van der Waals surface area contributed by atoms with Gasteiger partial charge in [-0.05, 0) is 19.3 Å². The molecule has 2 unspecified atom stereocenters. The summed E-state index contributed by atoms with van der Waals surface area (Å²) in [5.74, 6) is -1.93. The summed E-state index contributed by atoms with van der Waals surface area (Å²) in [6.07, 6.45) is 2.55. The van der Waals surface area contributed by atoms with Crippen LogP contribution in [-0.2, 0) is 19.6 Å². The molecule has 1 amide bonds. The van der Waals surface area contributed by atoms with E-state index >= 15 is 0 Å². The van der Waals surface area contributed by atoms with Gasteiger partial charge in [-0.3, -0.25) is 9.59 Å². The number of piperidine rings is 1. The van der Waals surface area contributed by atoms with Crippen LogP contribution in [0.15, 0.2) is 0 Å². The van der Waals surface area contributed by atoms with Crippen molar-refractivity contribution in [3.05, 3.63) is 0 Å². The predicted octanol–water partition coefficient (Wildman–Crippen LogP) is 0.760. The lowest BCUT2D eigenvalue weighted by Gasteiger charge is -2.36. The maximum absolute atomic E-state index is 12.5. The highest BCUT2D eigenvalue weighted by Crippen LogP contribution is 2.23. The molecule has 0 aliphatic carbocycles. The lowest BCUT2D eigenvalue weighted by molar-refractivity contribution is -0.143. The summed E-state index contributed by atoms with van der Waals surface area (Å²) in [5.41, 5.74) is 0. The van der Waals surface area contributed by atoms with E-state index in [1.807, 2.05) is 0 Å². The maximum Gasteiger partial charge on any atom is 0.308 e. The van der Waals surface area contributed by atoms with Crippen LogP contribution in [0, 0.1) is 5.92 Å². The molecule has 0 spiro atoms. The van der Waals surface area contributed by atoms with Crippen LogP contribution in [0.4, 0.5) is 0 Å². The molecule has 1 N–H and O–H groups in total. The van der Waals surface area contributed by atoms with Crippen LogP contribution < -0.4 is 0 Å². The number of sulfonamides is 1. The molecule has 0 radical (unpaired) electrons. The largest absolute Gasteiger partial charge is 0.481 e. The first kappa shape index (κ1) is 18.9. The number of hydrogen-bond donors (Lipinski definition) is 1. The molecule has 0 saturated carbocycles. The fourth-order valence-electron chi connectivity index (χ4n) is 2.69. The first-order chi connectivity index (χ1) is 10.2. The Kier molecular flexibility index (Phi) is 6.80. The second-order valence-corrected chi connectivity index (χ2v) is 7.94. The summed E-state index contributed by atoms with van der Waals surface area (Å²) >= 11 is 0. The molecule has 0 bridgehead atoms. The molecule has 1 heterocycles. The number of likely N-dealkylation sites (N-methyl/N-ethyl adjacent to an activating group) is 1. The first-order valence-corrected chi connectivity index (χ1v) is 9.29. The average Bonchev–Trinajstić information content (AvgIpc) is 2.46. The maximum atomic E-state index is 12.5. The number of nitrogens with zero attached hydrogens (tertiary/aromatic N) is 2. The van der Waals surface area contributed by atoms with Gasteiger partial charge in [0.25, 0.3) is 0 Å². The van der Waals surface area contributed by atoms with Crippen LogP contribution in [0.2, 0.25) is 0 Å². The number of carbonyl (C=O) groups is 2. The number of carboxylic acids is 1. The summed E-state index contributed by atoms with van der Waals surface area (Å²) < 4.78 is 25.9. The standard InChI is InChI=1S/C14H26N2O5S/c1-4-9-22(20,21)16-8-6-5-7-12(16)13(17)15(3)10-11(2)14(18)19/h11-12H,4-10H2,1-3H3,(H,18,19). The van der Waals surface area contributed by atoms with Crippen LogP contribution in [0.1, 0.15) is 39.5 Å². The van der Waals surface area contributed by atoms with Crippen molar-refractivity contribution in [2.45, 2.75) is 45.6 Å². The monoisotopic (exact) mass is 334 g/mol. The van der Waals surface area contributed by atoms with Gasteiger partial charge in [0.2, 0.25) is 15.9 Å². The molecule has 0 aromatic rings. The summed E-state index contributed by atoms with van der Waals surface area (Å²) in [6, 6.07) is -0.698. The predicted molar refractivity (Wildman–Crippen MR) is 82.9 cm³/mol. The molecular formula is C14H26N2O5S. The minimum atomic E-state index is -3.44. The second kappa shape index (κ2) is 7.92. The zero-order valence-corrected chi connectivity index (χ0v) is 14.3. The van der Waals surface area contributed by atoms with E-state index in [0.717, 1.165) is 12.8 Å². The highest BCUT2D eigenvalue weighted by molar-refractivity contribution is 7.89. The van der Waals surface area contributed by atoms with Gasteiger partial charge in [-0.1, -0.05) is 20.3 Å². The van der Waals surface area contributed by atoms with Crippen molar-refractivity contribution in [2.24, 2.45) is 5.92 Å². The molecule has 8 heteroatoms. The SMILES string of the molecule is CCCS(=O)(=O)N1CCCCC1C(=O)N(C)CC(C)C(=O)O. The molecule has 7 nitrogen and oxygen atoms in total. The first-order valence-electron chi connectivity index (χ1n) is 7.68. The van der Waals surface area contributed by atoms with Gasteiger partial charge in [0.15, 0.2) is 0 Å². The fourth-order valence-corrected chi connectivity index (χ4v) is 4.43. The summed E-state index contributed by atoms with van der Waals surface area (Å²) in [7, 11) is -1.91. The fraction of sp³-hybridized carbons (Fsp3) is 0.857. The molecule has 0 aromatic carbocycles. The minimum Gasteiger partial charge on any atom is -0.481 e. The van der Waals surface area contributed by atoms with Crippen LogP contribution >= 0.6 is 0 Å². The van der Waals surface area contributed by atoms with E-state index in [1.54, 1.807) is 6.92 Å². The number of rotatable bonds is 7. The van der Waals surface area contributed by atoms with Gasteiger partial charge in [-0.25, -0.2) is 8.42 Å². The van der Waals surface area contributed by atoms with E-state index in [-0.39, 0.29) is 18.2 Å². The molecule has 128 valence electrons. The Labute approximate surface area is 132 Å². The minimum absolute atomic E-state index is 0.0338. The van der Waals surface area contributed by atoms with Crippen molar-refractivity contribution in [3.63, 3.8) is 0 Å². The molecule has 1 fully saturated rings. The second-order valence-electron chi connectivity index (χ2n) is 5.90.